The van der Waals surface area contributed by atoms with Crippen molar-refractivity contribution in [2.45, 2.75) is 6.42 Å². The highest BCUT2D eigenvalue weighted by molar-refractivity contribution is 7.13. The molecule has 0 saturated heterocycles. The van der Waals surface area contributed by atoms with Crippen LogP contribution in [0.1, 0.15) is 16.8 Å². The molecule has 0 atom stereocenters. The summed E-state index contributed by atoms with van der Waals surface area (Å²) in [6.45, 7) is 0.129. The van der Waals surface area contributed by atoms with Gasteiger partial charge in [0.1, 0.15) is 5.82 Å². The maximum atomic E-state index is 13.3. The summed E-state index contributed by atoms with van der Waals surface area (Å²) in [4.78, 5) is 27.1. The highest BCUT2D eigenvalue weighted by Crippen LogP contribution is 2.10. The Hall–Kier alpha value is -2.28. The summed E-state index contributed by atoms with van der Waals surface area (Å²) in [6.07, 6.45) is 1.68. The molecule has 2 amide bonds. The highest BCUT2D eigenvalue weighted by Gasteiger charge is 2.11. The fourth-order valence-corrected chi connectivity index (χ4v) is 2.04. The van der Waals surface area contributed by atoms with E-state index in [9.17, 15) is 14.0 Å². The average Bonchev–Trinajstić information content (AvgIpc) is 2.92. The third-order valence-corrected chi connectivity index (χ3v) is 3.12. The summed E-state index contributed by atoms with van der Waals surface area (Å²) in [5.74, 6) is -1.38. The summed E-state index contributed by atoms with van der Waals surface area (Å²) >= 11 is 1.31. The standard InChI is InChI=1S/C13H12FN3O2S/c14-10-4-2-1-3-9(10)12(19)15-6-5-11(18)17-13-16-7-8-20-13/h1-4,7-8H,5-6H2,(H,15,19)(H,16,17,18). The number of amides is 2. The maximum absolute atomic E-state index is 13.3. The van der Waals surface area contributed by atoms with Gasteiger partial charge < -0.3 is 10.6 Å². The third kappa shape index (κ3) is 3.86. The number of hydrogen-bond acceptors (Lipinski definition) is 4. The van der Waals surface area contributed by atoms with Gasteiger partial charge in [-0.3, -0.25) is 9.59 Å². The van der Waals surface area contributed by atoms with E-state index < -0.39 is 11.7 Å². The van der Waals surface area contributed by atoms with Gasteiger partial charge in [-0.1, -0.05) is 12.1 Å². The Balaban J connectivity index is 1.77. The number of nitrogens with zero attached hydrogens (tertiary/aromatic N) is 1. The van der Waals surface area contributed by atoms with Crippen molar-refractivity contribution in [2.75, 3.05) is 11.9 Å². The molecule has 0 fully saturated rings. The van der Waals surface area contributed by atoms with E-state index in [-0.39, 0.29) is 24.4 Å². The summed E-state index contributed by atoms with van der Waals surface area (Å²) in [7, 11) is 0. The minimum absolute atomic E-state index is 0.0344. The van der Waals surface area contributed by atoms with Gasteiger partial charge in [0, 0.05) is 24.5 Å². The second-order valence-corrected chi connectivity index (χ2v) is 4.77. The Morgan fingerprint density at radius 3 is 2.80 bits per heavy atom. The number of carbonyl (C=O) groups is 2. The van der Waals surface area contributed by atoms with E-state index >= 15 is 0 Å². The molecule has 1 aromatic carbocycles. The summed E-state index contributed by atoms with van der Waals surface area (Å²) in [5.41, 5.74) is -0.0344. The molecule has 7 heteroatoms. The van der Waals surface area contributed by atoms with Crippen LogP contribution in [-0.2, 0) is 4.79 Å². The lowest BCUT2D eigenvalue weighted by Crippen LogP contribution is -2.28. The SMILES string of the molecule is O=C(CCNC(=O)c1ccccc1F)Nc1nccs1. The van der Waals surface area contributed by atoms with E-state index in [2.05, 4.69) is 15.6 Å². The van der Waals surface area contributed by atoms with Crippen LogP contribution in [0.3, 0.4) is 0 Å². The summed E-state index contributed by atoms with van der Waals surface area (Å²) in [6, 6.07) is 5.69. The molecule has 0 radical (unpaired) electrons. The van der Waals surface area contributed by atoms with E-state index in [0.717, 1.165) is 0 Å². The number of anilines is 1. The van der Waals surface area contributed by atoms with Gasteiger partial charge in [0.25, 0.3) is 5.91 Å². The molecule has 2 aromatic rings. The lowest BCUT2D eigenvalue weighted by Gasteiger charge is -2.05. The Morgan fingerprint density at radius 1 is 1.30 bits per heavy atom. The minimum Gasteiger partial charge on any atom is -0.351 e. The van der Waals surface area contributed by atoms with Gasteiger partial charge in [-0.2, -0.15) is 0 Å². The molecule has 5 nitrogen and oxygen atoms in total. The molecule has 0 aliphatic rings. The van der Waals surface area contributed by atoms with Crippen LogP contribution < -0.4 is 10.6 Å². The molecule has 1 aromatic heterocycles. The quantitative estimate of drug-likeness (QED) is 0.886. The largest absolute Gasteiger partial charge is 0.351 e. The van der Waals surface area contributed by atoms with Crippen LogP contribution >= 0.6 is 11.3 Å². The van der Waals surface area contributed by atoms with Crippen molar-refractivity contribution in [1.82, 2.24) is 10.3 Å². The van der Waals surface area contributed by atoms with Gasteiger partial charge in [-0.25, -0.2) is 9.37 Å². The zero-order valence-electron chi connectivity index (χ0n) is 10.4. The van der Waals surface area contributed by atoms with Crippen LogP contribution in [-0.4, -0.2) is 23.3 Å². The predicted octanol–water partition coefficient (Wildman–Crippen LogP) is 2.04. The first-order chi connectivity index (χ1) is 9.66. The summed E-state index contributed by atoms with van der Waals surface area (Å²) in [5, 5.41) is 7.34. The van der Waals surface area contributed by atoms with Crippen LogP contribution in [0.15, 0.2) is 35.8 Å². The Morgan fingerprint density at radius 2 is 2.10 bits per heavy atom. The molecule has 0 aliphatic carbocycles. The number of aromatic nitrogens is 1. The summed E-state index contributed by atoms with van der Waals surface area (Å²) < 4.78 is 13.3. The van der Waals surface area contributed by atoms with Gasteiger partial charge in [0.2, 0.25) is 5.91 Å². The lowest BCUT2D eigenvalue weighted by atomic mass is 10.2. The molecule has 2 rings (SSSR count). The molecular weight excluding hydrogens is 281 g/mol. The average molecular weight is 293 g/mol. The van der Waals surface area contributed by atoms with Crippen LogP contribution in [0.5, 0.6) is 0 Å². The van der Waals surface area contributed by atoms with E-state index in [1.807, 2.05) is 0 Å². The Labute approximate surface area is 118 Å². The Bertz CT molecular complexity index is 601. The normalized spacial score (nSPS) is 10.1. The van der Waals surface area contributed by atoms with Crippen molar-refractivity contribution in [3.05, 3.63) is 47.2 Å². The van der Waals surface area contributed by atoms with E-state index in [1.165, 1.54) is 29.5 Å². The first kappa shape index (κ1) is 14.1. The monoisotopic (exact) mass is 293 g/mol. The smallest absolute Gasteiger partial charge is 0.254 e. The number of thiazole rings is 1. The van der Waals surface area contributed by atoms with Crippen LogP contribution in [0.4, 0.5) is 9.52 Å². The van der Waals surface area contributed by atoms with Crippen molar-refractivity contribution in [3.63, 3.8) is 0 Å². The zero-order chi connectivity index (χ0) is 14.4. The molecule has 0 spiro atoms. The van der Waals surface area contributed by atoms with E-state index in [4.69, 9.17) is 0 Å². The van der Waals surface area contributed by atoms with Crippen molar-refractivity contribution in [2.24, 2.45) is 0 Å². The number of benzene rings is 1. The van der Waals surface area contributed by atoms with Gasteiger partial charge in [0.15, 0.2) is 5.13 Å². The van der Waals surface area contributed by atoms with Crippen LogP contribution in [0, 0.1) is 5.82 Å². The number of rotatable bonds is 5. The first-order valence-electron chi connectivity index (χ1n) is 5.89. The predicted molar refractivity (Wildman–Crippen MR) is 74.1 cm³/mol. The van der Waals surface area contributed by atoms with Gasteiger partial charge in [-0.05, 0) is 12.1 Å². The topological polar surface area (TPSA) is 71.1 Å². The van der Waals surface area contributed by atoms with E-state index in [0.29, 0.717) is 5.13 Å². The third-order valence-electron chi connectivity index (χ3n) is 2.43. The van der Waals surface area contributed by atoms with Crippen LogP contribution in [0.25, 0.3) is 0 Å². The number of carbonyl (C=O) groups excluding carboxylic acids is 2. The molecule has 104 valence electrons. The van der Waals surface area contributed by atoms with Crippen LogP contribution in [0.2, 0.25) is 0 Å². The molecule has 20 heavy (non-hydrogen) atoms. The van der Waals surface area contributed by atoms with Gasteiger partial charge >= 0.3 is 0 Å². The molecule has 1 heterocycles. The number of hydrogen-bond donors (Lipinski definition) is 2. The molecule has 0 aliphatic heterocycles. The number of halogens is 1. The first-order valence-corrected chi connectivity index (χ1v) is 6.77. The fraction of sp³-hybridized carbons (Fsp3) is 0.154. The fourth-order valence-electron chi connectivity index (χ4n) is 1.50. The molecule has 0 bridgehead atoms. The molecule has 0 saturated carbocycles. The van der Waals surface area contributed by atoms with Crippen molar-refractivity contribution in [1.29, 1.82) is 0 Å². The second kappa shape index (κ2) is 6.76. The minimum atomic E-state index is -0.586. The second-order valence-electron chi connectivity index (χ2n) is 3.87. The van der Waals surface area contributed by atoms with Gasteiger partial charge in [-0.15, -0.1) is 11.3 Å². The van der Waals surface area contributed by atoms with E-state index in [1.54, 1.807) is 17.6 Å². The van der Waals surface area contributed by atoms with Crippen molar-refractivity contribution < 1.29 is 14.0 Å². The number of nitrogens with one attached hydrogen (secondary N) is 2. The molecular formula is C13H12FN3O2S. The van der Waals surface area contributed by atoms with Gasteiger partial charge in [0.05, 0.1) is 5.56 Å². The Kier molecular flexibility index (Phi) is 4.78. The highest BCUT2D eigenvalue weighted by atomic mass is 32.1. The maximum Gasteiger partial charge on any atom is 0.254 e. The molecule has 0 unspecified atom stereocenters. The van der Waals surface area contributed by atoms with Crippen molar-refractivity contribution >= 4 is 28.3 Å². The zero-order valence-corrected chi connectivity index (χ0v) is 11.2. The molecule has 2 N–H and O–H groups in total. The lowest BCUT2D eigenvalue weighted by molar-refractivity contribution is -0.116. The van der Waals surface area contributed by atoms with Crippen molar-refractivity contribution in [3.8, 4) is 0 Å².